The van der Waals surface area contributed by atoms with Gasteiger partial charge in [-0.2, -0.15) is 0 Å². The van der Waals surface area contributed by atoms with Gasteiger partial charge in [0.2, 0.25) is 0 Å². The zero-order valence-corrected chi connectivity index (χ0v) is 12.2. The minimum atomic E-state index is -0.0406. The fourth-order valence-electron chi connectivity index (χ4n) is 1.87. The molecule has 1 aromatic heterocycles. The van der Waals surface area contributed by atoms with Gasteiger partial charge in [0.15, 0.2) is 0 Å². The number of pyridine rings is 1. The molecule has 0 atom stereocenters. The van der Waals surface area contributed by atoms with Crippen LogP contribution in [0.2, 0.25) is 10.0 Å². The lowest BCUT2D eigenvalue weighted by Gasteiger charge is -2.20. The Hall–Kier alpha value is -0.830. The van der Waals surface area contributed by atoms with Crippen molar-refractivity contribution in [1.82, 2.24) is 4.98 Å². The lowest BCUT2D eigenvalue weighted by molar-refractivity contribution is 0.570. The summed E-state index contributed by atoms with van der Waals surface area (Å²) >= 11 is 12.3. The summed E-state index contributed by atoms with van der Waals surface area (Å²) in [5.41, 5.74) is 8.55. The number of halogens is 2. The lowest BCUT2D eigenvalue weighted by atomic mass is 9.90. The number of fused-ring (bicyclic) bond motifs is 1. The van der Waals surface area contributed by atoms with Gasteiger partial charge >= 0.3 is 0 Å². The third kappa shape index (κ3) is 2.46. The first-order valence-corrected chi connectivity index (χ1v) is 6.57. The van der Waals surface area contributed by atoms with Crippen LogP contribution in [0.3, 0.4) is 0 Å². The van der Waals surface area contributed by atoms with Crippen LogP contribution in [-0.2, 0) is 12.0 Å². The van der Waals surface area contributed by atoms with E-state index in [0.717, 1.165) is 22.2 Å². The summed E-state index contributed by atoms with van der Waals surface area (Å²) < 4.78 is 0. The van der Waals surface area contributed by atoms with Gasteiger partial charge in [0.1, 0.15) is 0 Å². The number of hydrogen-bond acceptors (Lipinski definition) is 2. The van der Waals surface area contributed by atoms with Crippen LogP contribution in [0.1, 0.15) is 32.0 Å². The van der Waals surface area contributed by atoms with Gasteiger partial charge in [0.05, 0.1) is 10.5 Å². The molecule has 0 amide bonds. The van der Waals surface area contributed by atoms with Gasteiger partial charge in [-0.05, 0) is 23.8 Å². The first-order chi connectivity index (χ1) is 8.32. The molecule has 4 heteroatoms. The van der Waals surface area contributed by atoms with Crippen molar-refractivity contribution in [3.05, 3.63) is 39.5 Å². The SMILES string of the molecule is CC(C)(C)c1cc(CN)c2cc(Cl)cc(Cl)c2n1. The summed E-state index contributed by atoms with van der Waals surface area (Å²) in [6.07, 6.45) is 0. The number of nitrogens with zero attached hydrogens (tertiary/aromatic N) is 1. The van der Waals surface area contributed by atoms with E-state index in [1.165, 1.54) is 0 Å². The molecule has 2 rings (SSSR count). The molecular formula is C14H16Cl2N2. The molecule has 0 fully saturated rings. The third-order valence-electron chi connectivity index (χ3n) is 2.91. The Labute approximate surface area is 117 Å². The normalized spacial score (nSPS) is 12.1. The minimum Gasteiger partial charge on any atom is -0.326 e. The molecule has 0 radical (unpaired) electrons. The Morgan fingerprint density at radius 1 is 1.17 bits per heavy atom. The monoisotopic (exact) mass is 282 g/mol. The number of hydrogen-bond donors (Lipinski definition) is 1. The average molecular weight is 283 g/mol. The number of rotatable bonds is 1. The largest absolute Gasteiger partial charge is 0.326 e. The second-order valence-electron chi connectivity index (χ2n) is 5.40. The van der Waals surface area contributed by atoms with Crippen molar-refractivity contribution < 1.29 is 0 Å². The first kappa shape index (κ1) is 13.6. The number of benzene rings is 1. The molecule has 0 unspecified atom stereocenters. The maximum atomic E-state index is 6.23. The second kappa shape index (κ2) is 4.69. The zero-order valence-electron chi connectivity index (χ0n) is 10.7. The molecule has 18 heavy (non-hydrogen) atoms. The highest BCUT2D eigenvalue weighted by molar-refractivity contribution is 6.38. The predicted octanol–water partition coefficient (Wildman–Crippen LogP) is 4.30. The average Bonchev–Trinajstić information content (AvgIpc) is 2.26. The van der Waals surface area contributed by atoms with Crippen LogP contribution in [0.4, 0.5) is 0 Å². The van der Waals surface area contributed by atoms with E-state index in [9.17, 15) is 0 Å². The van der Waals surface area contributed by atoms with Crippen molar-refractivity contribution in [3.8, 4) is 0 Å². The van der Waals surface area contributed by atoms with Crippen LogP contribution in [0.5, 0.6) is 0 Å². The van der Waals surface area contributed by atoms with Crippen molar-refractivity contribution >= 4 is 34.1 Å². The van der Waals surface area contributed by atoms with Crippen LogP contribution in [-0.4, -0.2) is 4.98 Å². The molecule has 0 saturated carbocycles. The predicted molar refractivity (Wildman–Crippen MR) is 78.4 cm³/mol. The van der Waals surface area contributed by atoms with Crippen molar-refractivity contribution in [2.24, 2.45) is 5.73 Å². The van der Waals surface area contributed by atoms with Crippen LogP contribution in [0, 0.1) is 0 Å². The van der Waals surface area contributed by atoms with Crippen LogP contribution < -0.4 is 5.73 Å². The molecular weight excluding hydrogens is 267 g/mol. The fourth-order valence-corrected chi connectivity index (χ4v) is 2.41. The summed E-state index contributed by atoms with van der Waals surface area (Å²) in [4.78, 5) is 4.65. The van der Waals surface area contributed by atoms with Gasteiger partial charge in [-0.3, -0.25) is 4.98 Å². The van der Waals surface area contributed by atoms with Gasteiger partial charge in [-0.25, -0.2) is 0 Å². The number of nitrogens with two attached hydrogens (primary N) is 1. The van der Waals surface area contributed by atoms with E-state index in [1.54, 1.807) is 6.07 Å². The quantitative estimate of drug-likeness (QED) is 0.847. The van der Waals surface area contributed by atoms with E-state index < -0.39 is 0 Å². The molecule has 1 aromatic carbocycles. The second-order valence-corrected chi connectivity index (χ2v) is 6.25. The Morgan fingerprint density at radius 2 is 1.83 bits per heavy atom. The maximum Gasteiger partial charge on any atom is 0.0895 e. The van der Waals surface area contributed by atoms with Gasteiger partial charge in [-0.1, -0.05) is 44.0 Å². The smallest absolute Gasteiger partial charge is 0.0895 e. The first-order valence-electron chi connectivity index (χ1n) is 5.82. The Bertz CT molecular complexity index is 601. The van der Waals surface area contributed by atoms with E-state index in [2.05, 4.69) is 25.8 Å². The van der Waals surface area contributed by atoms with Crippen molar-refractivity contribution in [2.45, 2.75) is 32.7 Å². The summed E-state index contributed by atoms with van der Waals surface area (Å²) in [5.74, 6) is 0. The van der Waals surface area contributed by atoms with Crippen LogP contribution in [0.15, 0.2) is 18.2 Å². The molecule has 2 nitrogen and oxygen atoms in total. The summed E-state index contributed by atoms with van der Waals surface area (Å²) in [7, 11) is 0. The molecule has 0 aliphatic carbocycles. The molecule has 0 aliphatic heterocycles. The molecule has 1 heterocycles. The van der Waals surface area contributed by atoms with Crippen molar-refractivity contribution in [3.63, 3.8) is 0 Å². The Kier molecular flexibility index (Phi) is 3.54. The van der Waals surface area contributed by atoms with Crippen molar-refractivity contribution in [2.75, 3.05) is 0 Å². The molecule has 2 aromatic rings. The van der Waals surface area contributed by atoms with Crippen LogP contribution >= 0.6 is 23.2 Å². The van der Waals surface area contributed by atoms with Gasteiger partial charge in [0.25, 0.3) is 0 Å². The van der Waals surface area contributed by atoms with E-state index in [1.807, 2.05) is 12.1 Å². The molecule has 0 aliphatic rings. The standard InChI is InChI=1S/C14H16Cl2N2/c1-14(2,3)12-4-8(7-17)10-5-9(15)6-11(16)13(10)18-12/h4-6H,7,17H2,1-3H3. The van der Waals surface area contributed by atoms with E-state index in [-0.39, 0.29) is 5.41 Å². The van der Waals surface area contributed by atoms with E-state index >= 15 is 0 Å². The molecule has 96 valence electrons. The Balaban J connectivity index is 2.84. The topological polar surface area (TPSA) is 38.9 Å². The lowest BCUT2D eigenvalue weighted by Crippen LogP contribution is -2.15. The highest BCUT2D eigenvalue weighted by Gasteiger charge is 2.18. The zero-order chi connectivity index (χ0) is 13.5. The summed E-state index contributed by atoms with van der Waals surface area (Å²) in [6.45, 7) is 6.79. The maximum absolute atomic E-state index is 6.23. The molecule has 0 saturated heterocycles. The Morgan fingerprint density at radius 3 is 2.39 bits per heavy atom. The molecule has 2 N–H and O–H groups in total. The summed E-state index contributed by atoms with van der Waals surface area (Å²) in [5, 5.41) is 2.11. The van der Waals surface area contributed by atoms with Gasteiger partial charge in [0, 0.05) is 28.1 Å². The van der Waals surface area contributed by atoms with Crippen LogP contribution in [0.25, 0.3) is 10.9 Å². The molecule has 0 spiro atoms. The van der Waals surface area contributed by atoms with Crippen molar-refractivity contribution in [1.29, 1.82) is 0 Å². The fraction of sp³-hybridized carbons (Fsp3) is 0.357. The van der Waals surface area contributed by atoms with E-state index in [0.29, 0.717) is 16.6 Å². The van der Waals surface area contributed by atoms with Gasteiger partial charge < -0.3 is 5.73 Å². The molecule has 0 bridgehead atoms. The third-order valence-corrected chi connectivity index (χ3v) is 3.41. The number of aromatic nitrogens is 1. The summed E-state index contributed by atoms with van der Waals surface area (Å²) in [6, 6.07) is 5.62. The van der Waals surface area contributed by atoms with Gasteiger partial charge in [-0.15, -0.1) is 0 Å². The highest BCUT2D eigenvalue weighted by Crippen LogP contribution is 2.32. The highest BCUT2D eigenvalue weighted by atomic mass is 35.5. The van der Waals surface area contributed by atoms with E-state index in [4.69, 9.17) is 28.9 Å². The minimum absolute atomic E-state index is 0.0406.